The van der Waals surface area contributed by atoms with Crippen LogP contribution in [-0.4, -0.2) is 59.5 Å². The van der Waals surface area contributed by atoms with Crippen molar-refractivity contribution in [1.82, 2.24) is 20.0 Å². The number of hydrogen-bond donors (Lipinski definition) is 1. The molecule has 0 saturated carbocycles. The van der Waals surface area contributed by atoms with Crippen LogP contribution < -0.4 is 5.32 Å². The molecule has 3 aliphatic rings. The van der Waals surface area contributed by atoms with E-state index in [9.17, 15) is 4.79 Å². The molecule has 0 bridgehead atoms. The minimum Gasteiger partial charge on any atom is -0.381 e. The van der Waals surface area contributed by atoms with Gasteiger partial charge < -0.3 is 14.8 Å². The molecule has 1 amide bonds. The smallest absolute Gasteiger partial charge is 0.223 e. The number of aryl methyl sites for hydroxylation is 1. The highest BCUT2D eigenvalue weighted by molar-refractivity contribution is 5.79. The van der Waals surface area contributed by atoms with E-state index in [1.54, 1.807) is 0 Å². The number of amides is 1. The maximum atomic E-state index is 12.4. The molecule has 26 heavy (non-hydrogen) atoms. The van der Waals surface area contributed by atoms with Gasteiger partial charge >= 0.3 is 0 Å². The van der Waals surface area contributed by atoms with Crippen molar-refractivity contribution in [2.75, 3.05) is 32.9 Å². The van der Waals surface area contributed by atoms with Gasteiger partial charge in [0.15, 0.2) is 0 Å². The Hall–Kier alpha value is -1.44. The molecule has 1 aromatic heterocycles. The van der Waals surface area contributed by atoms with Crippen molar-refractivity contribution < 1.29 is 14.3 Å². The Balaban J connectivity index is 1.33. The Kier molecular flexibility index (Phi) is 5.57. The first-order valence-electron chi connectivity index (χ1n) is 10.00. The Morgan fingerprint density at radius 3 is 2.88 bits per heavy atom. The van der Waals surface area contributed by atoms with Crippen LogP contribution in [0.5, 0.6) is 0 Å². The van der Waals surface area contributed by atoms with E-state index in [0.29, 0.717) is 19.8 Å². The SMILES string of the molecule is CCn1nc(CN2CCC(NC(=O)C3CCOCC3)C2)c2c1CCOC2. The summed E-state index contributed by atoms with van der Waals surface area (Å²) in [6.07, 6.45) is 3.67. The van der Waals surface area contributed by atoms with Crippen LogP contribution in [0.1, 0.15) is 43.1 Å². The Bertz CT molecular complexity index is 639. The summed E-state index contributed by atoms with van der Waals surface area (Å²) < 4.78 is 13.1. The first kappa shape index (κ1) is 17.9. The molecular weight excluding hydrogens is 332 g/mol. The van der Waals surface area contributed by atoms with Gasteiger partial charge in [-0.05, 0) is 26.2 Å². The van der Waals surface area contributed by atoms with E-state index in [1.165, 1.54) is 11.3 Å². The lowest BCUT2D eigenvalue weighted by molar-refractivity contribution is -0.128. The zero-order valence-corrected chi connectivity index (χ0v) is 15.7. The van der Waals surface area contributed by atoms with Crippen molar-refractivity contribution in [1.29, 1.82) is 0 Å². The van der Waals surface area contributed by atoms with Gasteiger partial charge in [0.05, 0.1) is 18.9 Å². The van der Waals surface area contributed by atoms with Crippen LogP contribution in [0.3, 0.4) is 0 Å². The highest BCUT2D eigenvalue weighted by Gasteiger charge is 2.29. The lowest BCUT2D eigenvalue weighted by Crippen LogP contribution is -2.42. The van der Waals surface area contributed by atoms with Crippen LogP contribution in [0.2, 0.25) is 0 Å². The molecule has 7 heteroatoms. The molecule has 4 rings (SSSR count). The monoisotopic (exact) mass is 362 g/mol. The highest BCUT2D eigenvalue weighted by atomic mass is 16.5. The van der Waals surface area contributed by atoms with Crippen molar-refractivity contribution in [2.24, 2.45) is 5.92 Å². The van der Waals surface area contributed by atoms with E-state index in [2.05, 4.69) is 21.8 Å². The number of carbonyl (C=O) groups excluding carboxylic acids is 1. The fourth-order valence-corrected chi connectivity index (χ4v) is 4.35. The molecule has 2 saturated heterocycles. The first-order chi connectivity index (χ1) is 12.7. The normalized spacial score (nSPS) is 24.6. The molecule has 7 nitrogen and oxygen atoms in total. The van der Waals surface area contributed by atoms with Gasteiger partial charge in [-0.25, -0.2) is 0 Å². The molecule has 1 unspecified atom stereocenters. The van der Waals surface area contributed by atoms with Gasteiger partial charge in [0.2, 0.25) is 5.91 Å². The lowest BCUT2D eigenvalue weighted by Gasteiger charge is -2.23. The summed E-state index contributed by atoms with van der Waals surface area (Å²) in [6, 6.07) is 0.255. The van der Waals surface area contributed by atoms with Gasteiger partial charge in [0.1, 0.15) is 0 Å². The molecule has 1 N–H and O–H groups in total. The number of ether oxygens (including phenoxy) is 2. The number of carbonyl (C=O) groups is 1. The van der Waals surface area contributed by atoms with Crippen molar-refractivity contribution in [3.63, 3.8) is 0 Å². The Morgan fingerprint density at radius 1 is 1.23 bits per heavy atom. The van der Waals surface area contributed by atoms with E-state index in [0.717, 1.165) is 64.2 Å². The fraction of sp³-hybridized carbons (Fsp3) is 0.789. The summed E-state index contributed by atoms with van der Waals surface area (Å²) in [5.41, 5.74) is 3.78. The van der Waals surface area contributed by atoms with E-state index in [4.69, 9.17) is 14.6 Å². The van der Waals surface area contributed by atoms with Gasteiger partial charge in [-0.3, -0.25) is 14.4 Å². The largest absolute Gasteiger partial charge is 0.381 e. The molecule has 0 spiro atoms. The number of nitrogens with zero attached hydrogens (tertiary/aromatic N) is 3. The van der Waals surface area contributed by atoms with Gasteiger partial charge in [-0.15, -0.1) is 0 Å². The molecule has 1 atom stereocenters. The third-order valence-corrected chi connectivity index (χ3v) is 5.86. The van der Waals surface area contributed by atoms with E-state index in [1.807, 2.05) is 0 Å². The summed E-state index contributed by atoms with van der Waals surface area (Å²) in [5.74, 6) is 0.336. The second-order valence-corrected chi connectivity index (χ2v) is 7.61. The van der Waals surface area contributed by atoms with Gasteiger partial charge in [-0.1, -0.05) is 0 Å². The van der Waals surface area contributed by atoms with Crippen LogP contribution >= 0.6 is 0 Å². The zero-order valence-electron chi connectivity index (χ0n) is 15.7. The van der Waals surface area contributed by atoms with Crippen molar-refractivity contribution in [3.05, 3.63) is 17.0 Å². The topological polar surface area (TPSA) is 68.6 Å². The molecule has 0 radical (unpaired) electrons. The second-order valence-electron chi connectivity index (χ2n) is 7.61. The van der Waals surface area contributed by atoms with Crippen molar-refractivity contribution in [3.8, 4) is 0 Å². The van der Waals surface area contributed by atoms with E-state index in [-0.39, 0.29) is 17.9 Å². The number of hydrogen-bond acceptors (Lipinski definition) is 5. The summed E-state index contributed by atoms with van der Waals surface area (Å²) >= 11 is 0. The van der Waals surface area contributed by atoms with E-state index < -0.39 is 0 Å². The number of aromatic nitrogens is 2. The molecule has 2 fully saturated rings. The molecule has 4 heterocycles. The van der Waals surface area contributed by atoms with Crippen LogP contribution in [0.15, 0.2) is 0 Å². The first-order valence-corrected chi connectivity index (χ1v) is 10.00. The van der Waals surface area contributed by atoms with Gasteiger partial charge in [0.25, 0.3) is 0 Å². The summed E-state index contributed by atoms with van der Waals surface area (Å²) in [6.45, 7) is 8.71. The second kappa shape index (κ2) is 8.06. The molecule has 3 aliphatic heterocycles. The Labute approximate surface area is 155 Å². The standard InChI is InChI=1S/C19H30N4O3/c1-2-23-18-6-10-26-13-16(18)17(21-23)12-22-7-3-15(11-22)20-19(24)14-4-8-25-9-5-14/h14-15H,2-13H2,1H3,(H,20,24). The maximum absolute atomic E-state index is 12.4. The highest BCUT2D eigenvalue weighted by Crippen LogP contribution is 2.24. The third kappa shape index (κ3) is 3.80. The van der Waals surface area contributed by atoms with Crippen LogP contribution in [0.4, 0.5) is 0 Å². The average Bonchev–Trinajstić information content (AvgIpc) is 3.27. The third-order valence-electron chi connectivity index (χ3n) is 5.86. The van der Waals surface area contributed by atoms with Crippen LogP contribution in [0, 0.1) is 5.92 Å². The number of fused-ring (bicyclic) bond motifs is 1. The number of rotatable bonds is 5. The summed E-state index contributed by atoms with van der Waals surface area (Å²) in [7, 11) is 0. The van der Waals surface area contributed by atoms with Crippen LogP contribution in [-0.2, 0) is 40.4 Å². The van der Waals surface area contributed by atoms with Crippen molar-refractivity contribution >= 4 is 5.91 Å². The average molecular weight is 362 g/mol. The minimum atomic E-state index is 0.127. The predicted octanol–water partition coefficient (Wildman–Crippen LogP) is 1.09. The minimum absolute atomic E-state index is 0.127. The molecular formula is C19H30N4O3. The summed E-state index contributed by atoms with van der Waals surface area (Å²) in [5, 5.41) is 8.08. The van der Waals surface area contributed by atoms with Crippen LogP contribution in [0.25, 0.3) is 0 Å². The summed E-state index contributed by atoms with van der Waals surface area (Å²) in [4.78, 5) is 14.8. The van der Waals surface area contributed by atoms with Crippen molar-refractivity contribution in [2.45, 2.75) is 58.3 Å². The number of nitrogens with one attached hydrogen (secondary N) is 1. The number of likely N-dealkylation sites (tertiary alicyclic amines) is 1. The van der Waals surface area contributed by atoms with Gasteiger partial charge in [-0.2, -0.15) is 5.10 Å². The van der Waals surface area contributed by atoms with E-state index >= 15 is 0 Å². The predicted molar refractivity (Wildman–Crippen MR) is 96.6 cm³/mol. The fourth-order valence-electron chi connectivity index (χ4n) is 4.35. The Morgan fingerprint density at radius 2 is 2.08 bits per heavy atom. The molecule has 0 aromatic carbocycles. The maximum Gasteiger partial charge on any atom is 0.223 e. The quantitative estimate of drug-likeness (QED) is 0.849. The lowest BCUT2D eigenvalue weighted by atomic mass is 9.99. The molecule has 144 valence electrons. The molecule has 1 aromatic rings. The molecule has 0 aliphatic carbocycles. The zero-order chi connectivity index (χ0) is 17.9. The van der Waals surface area contributed by atoms with Gasteiger partial charge in [0, 0.05) is 69.0 Å².